The fourth-order valence-corrected chi connectivity index (χ4v) is 6.35. The smallest absolute Gasteiger partial charge is 0.238 e. The van der Waals surface area contributed by atoms with Crippen LogP contribution in [0.3, 0.4) is 0 Å². The topological polar surface area (TPSA) is 95.9 Å². The van der Waals surface area contributed by atoms with Crippen LogP contribution in [0, 0.1) is 12.8 Å². The molecule has 1 aliphatic heterocycles. The summed E-state index contributed by atoms with van der Waals surface area (Å²) in [6.45, 7) is 10.0. The monoisotopic (exact) mass is 575 g/mol. The number of para-hydroxylation sites is 1. The van der Waals surface area contributed by atoms with Crippen LogP contribution in [-0.2, 0) is 22.6 Å². The average Bonchev–Trinajstić information content (AvgIpc) is 3.68. The first kappa shape index (κ1) is 30.0. The number of amides is 2. The van der Waals surface area contributed by atoms with Crippen molar-refractivity contribution in [1.29, 1.82) is 0 Å². The molecule has 0 atom stereocenters. The number of aryl methyl sites for hydroxylation is 2. The summed E-state index contributed by atoms with van der Waals surface area (Å²) < 4.78 is 10.7. The van der Waals surface area contributed by atoms with Crippen molar-refractivity contribution in [3.8, 4) is 11.6 Å². The number of benzene rings is 1. The number of hydrogen-bond donors (Lipinski definition) is 0. The van der Waals surface area contributed by atoms with Crippen LogP contribution in [-0.4, -0.2) is 64.0 Å². The Labute approximate surface area is 249 Å². The fourth-order valence-electron chi connectivity index (χ4n) is 6.35. The molecule has 2 aromatic heterocycles. The van der Waals surface area contributed by atoms with Crippen molar-refractivity contribution in [2.75, 3.05) is 31.1 Å². The number of hydrogen-bond acceptors (Lipinski definition) is 7. The molecule has 1 aliphatic carbocycles. The van der Waals surface area contributed by atoms with Crippen LogP contribution in [0.4, 0.5) is 5.69 Å². The van der Waals surface area contributed by atoms with Crippen LogP contribution in [0.1, 0.15) is 82.2 Å². The second-order valence-electron chi connectivity index (χ2n) is 12.0. The SMILES string of the molecule is Cc1cccc2c1N(C(=O)C1CCCCC1)CCCN(C(C)C)CCN(C(=O)CCCc1nc(-c3ccco3)no1)C2. The number of furan rings is 1. The molecule has 5 rings (SSSR count). The van der Waals surface area contributed by atoms with Crippen molar-refractivity contribution >= 4 is 17.5 Å². The summed E-state index contributed by atoms with van der Waals surface area (Å²) in [4.78, 5) is 38.6. The van der Waals surface area contributed by atoms with Gasteiger partial charge in [0, 0.05) is 57.5 Å². The van der Waals surface area contributed by atoms with Gasteiger partial charge in [-0.15, -0.1) is 0 Å². The van der Waals surface area contributed by atoms with Gasteiger partial charge in [-0.05, 0) is 69.7 Å². The Kier molecular flexibility index (Phi) is 10.1. The maximum Gasteiger partial charge on any atom is 0.238 e. The van der Waals surface area contributed by atoms with Gasteiger partial charge in [-0.25, -0.2) is 0 Å². The lowest BCUT2D eigenvalue weighted by molar-refractivity contribution is -0.132. The Bertz CT molecular complexity index is 1310. The molecule has 0 saturated heterocycles. The number of carbonyl (C=O) groups is 2. The highest BCUT2D eigenvalue weighted by molar-refractivity contribution is 5.96. The van der Waals surface area contributed by atoms with Crippen molar-refractivity contribution in [2.24, 2.45) is 5.92 Å². The second kappa shape index (κ2) is 14.1. The van der Waals surface area contributed by atoms with E-state index in [-0.39, 0.29) is 17.7 Å². The van der Waals surface area contributed by atoms with Crippen molar-refractivity contribution in [3.05, 3.63) is 53.6 Å². The van der Waals surface area contributed by atoms with Gasteiger partial charge in [0.15, 0.2) is 5.76 Å². The van der Waals surface area contributed by atoms with Crippen LogP contribution >= 0.6 is 0 Å². The van der Waals surface area contributed by atoms with Gasteiger partial charge in [0.1, 0.15) is 0 Å². The average molecular weight is 576 g/mol. The first-order valence-corrected chi connectivity index (χ1v) is 15.7. The quantitative estimate of drug-likeness (QED) is 0.340. The van der Waals surface area contributed by atoms with Crippen molar-refractivity contribution in [2.45, 2.75) is 91.1 Å². The summed E-state index contributed by atoms with van der Waals surface area (Å²) in [6, 6.07) is 10.2. The lowest BCUT2D eigenvalue weighted by Crippen LogP contribution is -2.41. The number of anilines is 1. The molecule has 42 heavy (non-hydrogen) atoms. The molecule has 1 aromatic carbocycles. The van der Waals surface area contributed by atoms with Crippen molar-refractivity contribution in [1.82, 2.24) is 19.9 Å². The van der Waals surface area contributed by atoms with Gasteiger partial charge in [0.25, 0.3) is 0 Å². The van der Waals surface area contributed by atoms with Gasteiger partial charge in [0.05, 0.1) is 12.0 Å². The van der Waals surface area contributed by atoms with Gasteiger partial charge in [-0.3, -0.25) is 14.5 Å². The van der Waals surface area contributed by atoms with Crippen molar-refractivity contribution in [3.63, 3.8) is 0 Å². The third-order valence-electron chi connectivity index (χ3n) is 8.73. The summed E-state index contributed by atoms with van der Waals surface area (Å²) in [5.74, 6) is 1.92. The number of aromatic nitrogens is 2. The Morgan fingerprint density at radius 3 is 2.60 bits per heavy atom. The number of carbonyl (C=O) groups excluding carboxylic acids is 2. The van der Waals surface area contributed by atoms with Gasteiger partial charge < -0.3 is 18.7 Å². The predicted molar refractivity (Wildman–Crippen MR) is 162 cm³/mol. The molecule has 1 fully saturated rings. The highest BCUT2D eigenvalue weighted by Gasteiger charge is 2.30. The van der Waals surface area contributed by atoms with E-state index in [9.17, 15) is 9.59 Å². The zero-order valence-corrected chi connectivity index (χ0v) is 25.4. The summed E-state index contributed by atoms with van der Waals surface area (Å²) in [6.07, 6.45) is 9.41. The lowest BCUT2D eigenvalue weighted by atomic mass is 9.87. The maximum absolute atomic E-state index is 14.0. The lowest BCUT2D eigenvalue weighted by Gasteiger charge is -2.33. The van der Waals surface area contributed by atoms with E-state index in [1.807, 2.05) is 11.0 Å². The number of fused-ring (bicyclic) bond motifs is 1. The largest absolute Gasteiger partial charge is 0.461 e. The maximum atomic E-state index is 14.0. The molecular formula is C33H45N5O4. The van der Waals surface area contributed by atoms with Crippen LogP contribution in [0.2, 0.25) is 0 Å². The van der Waals surface area contributed by atoms with E-state index in [2.05, 4.69) is 52.8 Å². The van der Waals surface area contributed by atoms with Gasteiger partial charge in [-0.1, -0.05) is 42.6 Å². The first-order valence-electron chi connectivity index (χ1n) is 15.7. The van der Waals surface area contributed by atoms with Gasteiger partial charge in [0.2, 0.25) is 23.5 Å². The first-order chi connectivity index (χ1) is 20.4. The predicted octanol–water partition coefficient (Wildman–Crippen LogP) is 6.02. The molecule has 226 valence electrons. The Hall–Kier alpha value is -3.46. The standard InChI is InChI=1S/C33H45N5O4/c1-24(2)36-18-10-19-38(33(40)26-12-5-4-6-13-26)31-25(3)11-7-14-27(31)23-37(21-20-36)30(39)17-8-16-29-34-32(35-42-29)28-15-9-22-41-28/h7,9,11,14-15,22,24,26H,4-6,8,10,12-13,16-21,23H2,1-3H3. The van der Waals surface area contributed by atoms with E-state index in [0.717, 1.165) is 62.0 Å². The van der Waals surface area contributed by atoms with Crippen LogP contribution in [0.25, 0.3) is 11.6 Å². The summed E-state index contributed by atoms with van der Waals surface area (Å²) in [7, 11) is 0. The molecular weight excluding hydrogens is 530 g/mol. The minimum atomic E-state index is 0.0910. The molecule has 0 bridgehead atoms. The third kappa shape index (κ3) is 7.30. The Morgan fingerprint density at radius 1 is 1.00 bits per heavy atom. The molecule has 0 unspecified atom stereocenters. The zero-order valence-electron chi connectivity index (χ0n) is 25.4. The van der Waals surface area contributed by atoms with Crippen LogP contribution < -0.4 is 4.90 Å². The molecule has 9 nitrogen and oxygen atoms in total. The molecule has 3 heterocycles. The summed E-state index contributed by atoms with van der Waals surface area (Å²) >= 11 is 0. The minimum absolute atomic E-state index is 0.0910. The zero-order chi connectivity index (χ0) is 29.5. The third-order valence-corrected chi connectivity index (χ3v) is 8.73. The second-order valence-corrected chi connectivity index (χ2v) is 12.0. The highest BCUT2D eigenvalue weighted by Crippen LogP contribution is 2.32. The molecule has 2 amide bonds. The highest BCUT2D eigenvalue weighted by atomic mass is 16.5. The normalized spacial score (nSPS) is 17.7. The molecule has 3 aromatic rings. The van der Waals surface area contributed by atoms with E-state index in [1.165, 1.54) is 6.42 Å². The number of rotatable bonds is 7. The molecule has 0 spiro atoms. The molecule has 9 heteroatoms. The number of nitrogens with zero attached hydrogens (tertiary/aromatic N) is 5. The van der Waals surface area contributed by atoms with E-state index < -0.39 is 0 Å². The fraction of sp³-hybridized carbons (Fsp3) is 0.576. The molecule has 0 radical (unpaired) electrons. The van der Waals surface area contributed by atoms with Crippen molar-refractivity contribution < 1.29 is 18.5 Å². The molecule has 1 saturated carbocycles. The molecule has 2 aliphatic rings. The summed E-state index contributed by atoms with van der Waals surface area (Å²) in [5, 5.41) is 4.00. The van der Waals surface area contributed by atoms with E-state index in [4.69, 9.17) is 8.94 Å². The minimum Gasteiger partial charge on any atom is -0.461 e. The van der Waals surface area contributed by atoms with Crippen LogP contribution in [0.15, 0.2) is 45.5 Å². The van der Waals surface area contributed by atoms with E-state index in [0.29, 0.717) is 62.4 Å². The Balaban J connectivity index is 1.34. The summed E-state index contributed by atoms with van der Waals surface area (Å²) in [5.41, 5.74) is 3.14. The van der Waals surface area contributed by atoms with E-state index in [1.54, 1.807) is 18.4 Å². The van der Waals surface area contributed by atoms with Gasteiger partial charge >= 0.3 is 0 Å². The van der Waals surface area contributed by atoms with Gasteiger partial charge in [-0.2, -0.15) is 4.98 Å². The van der Waals surface area contributed by atoms with Crippen LogP contribution in [0.5, 0.6) is 0 Å². The Morgan fingerprint density at radius 2 is 1.83 bits per heavy atom. The van der Waals surface area contributed by atoms with E-state index >= 15 is 0 Å². The molecule has 0 N–H and O–H groups in total.